The second kappa shape index (κ2) is 5.33. The summed E-state index contributed by atoms with van der Waals surface area (Å²) in [5.74, 6) is 0.161. The van der Waals surface area contributed by atoms with E-state index in [-0.39, 0.29) is 11.3 Å². The fourth-order valence-electron chi connectivity index (χ4n) is 4.37. The molecule has 0 saturated heterocycles. The van der Waals surface area contributed by atoms with Crippen molar-refractivity contribution in [1.29, 1.82) is 0 Å². The summed E-state index contributed by atoms with van der Waals surface area (Å²) in [5.41, 5.74) is 3.98. The Labute approximate surface area is 160 Å². The van der Waals surface area contributed by atoms with Crippen LogP contribution < -0.4 is 5.56 Å². The number of phenols is 1. The molecular weight excluding hydrogens is 346 g/mol. The van der Waals surface area contributed by atoms with Gasteiger partial charge in [0.15, 0.2) is 0 Å². The molecule has 6 rings (SSSR count). The Morgan fingerprint density at radius 2 is 1.32 bits per heavy atom. The molecule has 0 unspecified atom stereocenters. The van der Waals surface area contributed by atoms with E-state index < -0.39 is 0 Å². The number of fused-ring (bicyclic) bond motifs is 5. The first-order valence-electron chi connectivity index (χ1n) is 9.23. The van der Waals surface area contributed by atoms with Crippen LogP contribution in [-0.2, 0) is 0 Å². The van der Waals surface area contributed by atoms with Crippen molar-refractivity contribution in [2.24, 2.45) is 0 Å². The van der Waals surface area contributed by atoms with E-state index in [2.05, 4.69) is 30.3 Å². The Morgan fingerprint density at radius 1 is 0.607 bits per heavy atom. The molecular formula is C25H15NO2. The first kappa shape index (κ1) is 15.2. The molecule has 6 aromatic rings. The highest BCUT2D eigenvalue weighted by Crippen LogP contribution is 2.38. The van der Waals surface area contributed by atoms with Crippen molar-refractivity contribution >= 4 is 38.0 Å². The molecule has 2 aromatic heterocycles. The van der Waals surface area contributed by atoms with Gasteiger partial charge in [-0.2, -0.15) is 0 Å². The molecule has 0 spiro atoms. The Bertz CT molecular complexity index is 1580. The average molecular weight is 361 g/mol. The predicted octanol–water partition coefficient (Wildman–Crippen LogP) is 5.57. The van der Waals surface area contributed by atoms with Crippen LogP contribution in [-0.4, -0.2) is 9.51 Å². The summed E-state index contributed by atoms with van der Waals surface area (Å²) in [6.07, 6.45) is 0. The molecule has 0 aliphatic carbocycles. The van der Waals surface area contributed by atoms with Gasteiger partial charge >= 0.3 is 0 Å². The zero-order valence-electron chi connectivity index (χ0n) is 14.9. The number of phenolic OH excluding ortho intramolecular Hbond substituents is 1. The molecule has 3 heteroatoms. The van der Waals surface area contributed by atoms with Crippen LogP contribution in [0.2, 0.25) is 0 Å². The van der Waals surface area contributed by atoms with Crippen LogP contribution in [0.25, 0.3) is 49.1 Å². The lowest BCUT2D eigenvalue weighted by Crippen LogP contribution is -2.12. The zero-order valence-corrected chi connectivity index (χ0v) is 14.9. The highest BCUT2D eigenvalue weighted by molar-refractivity contribution is 6.21. The molecule has 1 N–H and O–H groups in total. The van der Waals surface area contributed by atoms with Crippen molar-refractivity contribution in [3.63, 3.8) is 0 Å². The predicted molar refractivity (Wildman–Crippen MR) is 114 cm³/mol. The lowest BCUT2D eigenvalue weighted by molar-refractivity contribution is 0.476. The Kier molecular flexibility index (Phi) is 2.90. The van der Waals surface area contributed by atoms with Crippen molar-refractivity contribution in [3.05, 3.63) is 95.3 Å². The summed E-state index contributed by atoms with van der Waals surface area (Å²) in [4.78, 5) is 13.3. The van der Waals surface area contributed by atoms with Gasteiger partial charge in [0.05, 0.1) is 11.0 Å². The minimum absolute atomic E-state index is 0.0545. The van der Waals surface area contributed by atoms with Crippen molar-refractivity contribution in [2.45, 2.75) is 0 Å². The minimum atomic E-state index is -0.0545. The van der Waals surface area contributed by atoms with Crippen LogP contribution in [0.5, 0.6) is 5.75 Å². The maximum absolute atomic E-state index is 13.3. The summed E-state index contributed by atoms with van der Waals surface area (Å²) < 4.78 is 1.81. The number of rotatable bonds is 1. The van der Waals surface area contributed by atoms with Gasteiger partial charge in [-0.05, 0) is 47.5 Å². The maximum Gasteiger partial charge on any atom is 0.263 e. The van der Waals surface area contributed by atoms with Crippen LogP contribution in [0, 0.1) is 0 Å². The number of aromatic hydroxyl groups is 1. The van der Waals surface area contributed by atoms with Crippen LogP contribution in [0.1, 0.15) is 0 Å². The van der Waals surface area contributed by atoms with Crippen LogP contribution in [0.15, 0.2) is 89.7 Å². The highest BCUT2D eigenvalue weighted by Gasteiger charge is 2.18. The Balaban J connectivity index is 1.96. The van der Waals surface area contributed by atoms with Crippen molar-refractivity contribution in [2.75, 3.05) is 0 Å². The molecule has 0 amide bonds. The van der Waals surface area contributed by atoms with E-state index in [0.29, 0.717) is 5.39 Å². The lowest BCUT2D eigenvalue weighted by atomic mass is 9.97. The van der Waals surface area contributed by atoms with E-state index in [9.17, 15) is 9.90 Å². The van der Waals surface area contributed by atoms with Gasteiger partial charge in [-0.15, -0.1) is 0 Å². The first-order chi connectivity index (χ1) is 13.7. The Morgan fingerprint density at radius 3 is 2.14 bits per heavy atom. The molecule has 0 bridgehead atoms. The summed E-state index contributed by atoms with van der Waals surface area (Å²) >= 11 is 0. The fraction of sp³-hybridized carbons (Fsp3) is 0. The van der Waals surface area contributed by atoms with E-state index in [0.717, 1.165) is 43.7 Å². The summed E-state index contributed by atoms with van der Waals surface area (Å²) in [6.45, 7) is 0. The minimum Gasteiger partial charge on any atom is -0.508 e. The largest absolute Gasteiger partial charge is 0.508 e. The molecule has 28 heavy (non-hydrogen) atoms. The number of benzene rings is 4. The van der Waals surface area contributed by atoms with Gasteiger partial charge in [0, 0.05) is 26.9 Å². The number of nitrogens with zero attached hydrogens (tertiary/aromatic N) is 1. The van der Waals surface area contributed by atoms with Crippen molar-refractivity contribution in [1.82, 2.24) is 4.40 Å². The van der Waals surface area contributed by atoms with Gasteiger partial charge in [-0.1, -0.05) is 48.5 Å². The molecule has 3 nitrogen and oxygen atoms in total. The molecule has 0 aliphatic heterocycles. The Hall–Kier alpha value is -3.85. The summed E-state index contributed by atoms with van der Waals surface area (Å²) in [5, 5.41) is 14.6. The second-order valence-electron chi connectivity index (χ2n) is 7.17. The third-order valence-electron chi connectivity index (χ3n) is 5.60. The maximum atomic E-state index is 13.3. The fourth-order valence-corrected chi connectivity index (χ4v) is 4.37. The normalized spacial score (nSPS) is 11.9. The first-order valence-corrected chi connectivity index (χ1v) is 9.23. The van der Waals surface area contributed by atoms with Gasteiger partial charge in [-0.25, -0.2) is 0 Å². The number of hydrogen-bond acceptors (Lipinski definition) is 2. The highest BCUT2D eigenvalue weighted by atomic mass is 16.3. The third-order valence-corrected chi connectivity index (χ3v) is 5.60. The zero-order chi connectivity index (χ0) is 18.8. The molecule has 0 atom stereocenters. The number of pyridine rings is 1. The lowest BCUT2D eigenvalue weighted by Gasteiger charge is -2.09. The molecule has 4 aromatic carbocycles. The standard InChI is InChI=1S/C25H15NO2/c27-17-10-11-19-20(14-17)22-13-16(15-6-2-1-3-7-15)12-21-18-8-4-5-9-23(18)26(24(21)22)25(19)28/h1-14,27H. The third kappa shape index (κ3) is 1.90. The SMILES string of the molecule is O=c1c2ccc(O)cc2c2cc(-c3ccccc3)cc3c4ccccc4n1c23. The molecule has 0 fully saturated rings. The molecule has 0 radical (unpaired) electrons. The molecule has 132 valence electrons. The monoisotopic (exact) mass is 361 g/mol. The topological polar surface area (TPSA) is 41.7 Å². The van der Waals surface area contributed by atoms with Crippen LogP contribution >= 0.6 is 0 Å². The van der Waals surface area contributed by atoms with Crippen molar-refractivity contribution < 1.29 is 5.11 Å². The number of aromatic nitrogens is 1. The average Bonchev–Trinajstić information content (AvgIpc) is 3.07. The van der Waals surface area contributed by atoms with Gasteiger partial charge in [0.25, 0.3) is 5.56 Å². The smallest absolute Gasteiger partial charge is 0.263 e. The van der Waals surface area contributed by atoms with Crippen LogP contribution in [0.4, 0.5) is 0 Å². The van der Waals surface area contributed by atoms with Gasteiger partial charge < -0.3 is 5.11 Å². The number of hydrogen-bond donors (Lipinski definition) is 1. The van der Waals surface area contributed by atoms with Crippen molar-refractivity contribution in [3.8, 4) is 16.9 Å². The van der Waals surface area contributed by atoms with E-state index >= 15 is 0 Å². The molecule has 0 saturated carbocycles. The van der Waals surface area contributed by atoms with E-state index in [1.54, 1.807) is 18.2 Å². The van der Waals surface area contributed by atoms with E-state index in [1.165, 1.54) is 0 Å². The second-order valence-corrected chi connectivity index (χ2v) is 7.17. The van der Waals surface area contributed by atoms with Gasteiger partial charge in [-0.3, -0.25) is 9.20 Å². The quantitative estimate of drug-likeness (QED) is 0.389. The van der Waals surface area contributed by atoms with Gasteiger partial charge in [0.2, 0.25) is 0 Å². The van der Waals surface area contributed by atoms with Gasteiger partial charge in [0.1, 0.15) is 5.75 Å². The summed E-state index contributed by atoms with van der Waals surface area (Å²) in [7, 11) is 0. The van der Waals surface area contributed by atoms with E-state index in [1.807, 2.05) is 40.8 Å². The number of para-hydroxylation sites is 1. The van der Waals surface area contributed by atoms with E-state index in [4.69, 9.17) is 0 Å². The van der Waals surface area contributed by atoms with Crippen LogP contribution in [0.3, 0.4) is 0 Å². The summed E-state index contributed by atoms with van der Waals surface area (Å²) in [6, 6.07) is 27.5. The molecule has 0 aliphatic rings. The molecule has 2 heterocycles.